The minimum atomic E-state index is -4.31. The Morgan fingerprint density at radius 2 is 2.03 bits per heavy atom. The molecule has 2 saturated carbocycles. The van der Waals surface area contributed by atoms with Gasteiger partial charge in [-0.15, -0.1) is 0 Å². The fourth-order valence-electron chi connectivity index (χ4n) is 6.29. The molecule has 1 aromatic rings. The van der Waals surface area contributed by atoms with E-state index in [4.69, 9.17) is 8.92 Å². The summed E-state index contributed by atoms with van der Waals surface area (Å²) in [6.45, 7) is 3.07. The fraction of sp³-hybridized carbons (Fsp3) is 0.636. The number of hydrogen-bond donors (Lipinski definition) is 1. The Morgan fingerprint density at radius 1 is 1.29 bits per heavy atom. The second kappa shape index (κ2) is 7.76. The van der Waals surface area contributed by atoms with Crippen LogP contribution in [0.4, 0.5) is 4.39 Å². The number of rotatable bonds is 5. The number of nitrogens with one attached hydrogen (secondary N) is 1. The number of carbonyl (C=O) groups is 2. The van der Waals surface area contributed by atoms with E-state index in [2.05, 4.69) is 0 Å². The van der Waals surface area contributed by atoms with Crippen molar-refractivity contribution >= 4 is 22.0 Å². The lowest BCUT2D eigenvalue weighted by molar-refractivity contribution is -0.134. The van der Waals surface area contributed by atoms with E-state index in [1.807, 2.05) is 6.92 Å². The van der Waals surface area contributed by atoms with Gasteiger partial charge in [-0.2, -0.15) is 8.42 Å². The molecule has 0 bridgehead atoms. The van der Waals surface area contributed by atoms with Crippen LogP contribution < -0.4 is 13.6 Å². The largest absolute Gasteiger partial charge is 0.493 e. The molecule has 31 heavy (non-hydrogen) atoms. The van der Waals surface area contributed by atoms with Crippen LogP contribution in [0.3, 0.4) is 0 Å². The highest BCUT2D eigenvalue weighted by molar-refractivity contribution is 7.85. The second-order valence-corrected chi connectivity index (χ2v) is 10.2. The SMILES string of the molecule is CCC12CCC3c4cc(OC)c(OS(=O)(=O)NC(C)=O)cc4CCC3C1CC(F)C2=O. The van der Waals surface area contributed by atoms with Crippen molar-refractivity contribution < 1.29 is 31.3 Å². The third-order valence-electron chi connectivity index (χ3n) is 7.55. The van der Waals surface area contributed by atoms with Crippen LogP contribution in [0.2, 0.25) is 0 Å². The van der Waals surface area contributed by atoms with Gasteiger partial charge in [0.2, 0.25) is 5.91 Å². The van der Waals surface area contributed by atoms with E-state index in [1.165, 1.54) is 7.11 Å². The predicted molar refractivity (Wildman–Crippen MR) is 111 cm³/mol. The van der Waals surface area contributed by atoms with E-state index in [9.17, 15) is 22.4 Å². The second-order valence-electron chi connectivity index (χ2n) is 8.93. The summed E-state index contributed by atoms with van der Waals surface area (Å²) in [6.07, 6.45) is 2.56. The van der Waals surface area contributed by atoms with E-state index < -0.39 is 27.8 Å². The average Bonchev–Trinajstić information content (AvgIpc) is 2.97. The summed E-state index contributed by atoms with van der Waals surface area (Å²) >= 11 is 0. The molecule has 3 aliphatic carbocycles. The van der Waals surface area contributed by atoms with Gasteiger partial charge in [-0.05, 0) is 79.5 Å². The Morgan fingerprint density at radius 3 is 2.68 bits per heavy atom. The van der Waals surface area contributed by atoms with E-state index in [1.54, 1.807) is 16.9 Å². The summed E-state index contributed by atoms with van der Waals surface area (Å²) in [4.78, 5) is 23.8. The quantitative estimate of drug-likeness (QED) is 0.735. The van der Waals surface area contributed by atoms with Gasteiger partial charge in [0.25, 0.3) is 0 Å². The molecule has 4 rings (SSSR count). The van der Waals surface area contributed by atoms with Crippen molar-refractivity contribution in [3.05, 3.63) is 23.3 Å². The van der Waals surface area contributed by atoms with E-state index in [0.29, 0.717) is 25.7 Å². The lowest BCUT2D eigenvalue weighted by Crippen LogP contribution is -2.44. The van der Waals surface area contributed by atoms with Gasteiger partial charge >= 0.3 is 10.3 Å². The number of Topliss-reactive ketones (excluding diaryl/α,β-unsaturated/α-hetero) is 1. The molecule has 0 saturated heterocycles. The molecule has 1 aromatic carbocycles. The maximum Gasteiger partial charge on any atom is 0.409 e. The lowest BCUT2D eigenvalue weighted by atomic mass is 9.54. The highest BCUT2D eigenvalue weighted by atomic mass is 32.2. The van der Waals surface area contributed by atoms with Gasteiger partial charge in [-0.1, -0.05) is 6.92 Å². The first-order valence-electron chi connectivity index (χ1n) is 10.7. The average molecular weight is 454 g/mol. The maximum atomic E-state index is 14.5. The monoisotopic (exact) mass is 453 g/mol. The first-order valence-corrected chi connectivity index (χ1v) is 12.1. The van der Waals surface area contributed by atoms with Gasteiger partial charge in [0, 0.05) is 12.3 Å². The number of methoxy groups -OCH3 is 1. The third kappa shape index (κ3) is 3.60. The highest BCUT2D eigenvalue weighted by Crippen LogP contribution is 2.61. The first-order chi connectivity index (χ1) is 14.6. The van der Waals surface area contributed by atoms with Crippen molar-refractivity contribution in [1.82, 2.24) is 4.72 Å². The van der Waals surface area contributed by atoms with Crippen LogP contribution >= 0.6 is 0 Å². The molecule has 2 fully saturated rings. The van der Waals surface area contributed by atoms with Crippen LogP contribution in [0.5, 0.6) is 11.5 Å². The molecule has 1 amide bonds. The fourth-order valence-corrected chi connectivity index (χ4v) is 7.05. The van der Waals surface area contributed by atoms with E-state index in [0.717, 1.165) is 30.9 Å². The molecule has 3 aliphatic rings. The normalized spacial score (nSPS) is 31.9. The van der Waals surface area contributed by atoms with Crippen LogP contribution in [0.15, 0.2) is 12.1 Å². The minimum absolute atomic E-state index is 0.0204. The highest BCUT2D eigenvalue weighted by Gasteiger charge is 2.60. The van der Waals surface area contributed by atoms with Gasteiger partial charge in [0.1, 0.15) is 0 Å². The van der Waals surface area contributed by atoms with Crippen molar-refractivity contribution in [3.8, 4) is 11.5 Å². The van der Waals surface area contributed by atoms with Crippen molar-refractivity contribution in [2.75, 3.05) is 7.11 Å². The van der Waals surface area contributed by atoms with Gasteiger partial charge in [-0.3, -0.25) is 9.59 Å². The first kappa shape index (κ1) is 22.0. The van der Waals surface area contributed by atoms with E-state index >= 15 is 0 Å². The molecule has 7 nitrogen and oxygen atoms in total. The zero-order valence-corrected chi connectivity index (χ0v) is 18.8. The Bertz CT molecular complexity index is 1030. The van der Waals surface area contributed by atoms with E-state index in [-0.39, 0.29) is 35.0 Å². The molecule has 5 unspecified atom stereocenters. The van der Waals surface area contributed by atoms with Crippen molar-refractivity contribution in [3.63, 3.8) is 0 Å². The third-order valence-corrected chi connectivity index (χ3v) is 8.49. The predicted octanol–water partition coefficient (Wildman–Crippen LogP) is 3.22. The van der Waals surface area contributed by atoms with Gasteiger partial charge in [-0.25, -0.2) is 9.11 Å². The van der Waals surface area contributed by atoms with Gasteiger partial charge < -0.3 is 8.92 Å². The molecular weight excluding hydrogens is 425 g/mol. The maximum absolute atomic E-state index is 14.5. The molecule has 0 aromatic heterocycles. The molecular formula is C22H28FNO6S. The Labute approximate surface area is 181 Å². The number of hydrogen-bond acceptors (Lipinski definition) is 6. The van der Waals surface area contributed by atoms with Crippen LogP contribution in [-0.4, -0.2) is 33.4 Å². The number of ether oxygens (including phenoxy) is 1. The number of amides is 1. The molecule has 0 heterocycles. The topological polar surface area (TPSA) is 98.8 Å². The number of ketones is 1. The number of alkyl halides is 1. The number of halogens is 1. The van der Waals surface area contributed by atoms with Crippen molar-refractivity contribution in [1.29, 1.82) is 0 Å². The Balaban J connectivity index is 1.67. The molecule has 170 valence electrons. The molecule has 0 radical (unpaired) electrons. The summed E-state index contributed by atoms with van der Waals surface area (Å²) in [7, 11) is -2.89. The smallest absolute Gasteiger partial charge is 0.409 e. The molecule has 5 atom stereocenters. The van der Waals surface area contributed by atoms with Crippen molar-refractivity contribution in [2.24, 2.45) is 17.3 Å². The molecule has 0 spiro atoms. The van der Waals surface area contributed by atoms with Crippen LogP contribution in [0, 0.1) is 17.3 Å². The zero-order chi connectivity index (χ0) is 22.6. The summed E-state index contributed by atoms with van der Waals surface area (Å²) in [5.41, 5.74) is 1.47. The molecule has 1 N–H and O–H groups in total. The summed E-state index contributed by atoms with van der Waals surface area (Å²) in [6, 6.07) is 3.45. The molecule has 9 heteroatoms. The summed E-state index contributed by atoms with van der Waals surface area (Å²) in [5.74, 6) is -0.271. The Hall–Kier alpha value is -2.16. The summed E-state index contributed by atoms with van der Waals surface area (Å²) in [5, 5.41) is 0. The van der Waals surface area contributed by atoms with Crippen LogP contribution in [0.1, 0.15) is 63.0 Å². The van der Waals surface area contributed by atoms with Gasteiger partial charge in [0.05, 0.1) is 7.11 Å². The standard InChI is InChI=1S/C22H28FNO6S/c1-4-22-8-7-14-15(17(22)11-18(23)21(22)26)6-5-13-9-20(19(29-3)10-16(13)14)30-31(27,28)24-12(2)25/h9-10,14-15,17-18H,4-8,11H2,1-3H3,(H,24,25). The van der Waals surface area contributed by atoms with Crippen LogP contribution in [0.25, 0.3) is 0 Å². The van der Waals surface area contributed by atoms with Crippen molar-refractivity contribution in [2.45, 2.75) is 64.5 Å². The summed E-state index contributed by atoms with van der Waals surface area (Å²) < 4.78 is 50.8. The number of benzene rings is 1. The minimum Gasteiger partial charge on any atom is -0.493 e. The zero-order valence-electron chi connectivity index (χ0n) is 17.9. The number of aryl methyl sites for hydroxylation is 1. The molecule has 0 aliphatic heterocycles. The van der Waals surface area contributed by atoms with Gasteiger partial charge in [0.15, 0.2) is 23.5 Å². The van der Waals surface area contributed by atoms with Crippen LogP contribution in [-0.2, 0) is 26.3 Å². The number of fused-ring (bicyclic) bond motifs is 5. The lowest BCUT2D eigenvalue weighted by Gasteiger charge is -2.49. The number of carbonyl (C=O) groups excluding carboxylic acids is 2. The Kier molecular flexibility index (Phi) is 5.52.